The Morgan fingerprint density at radius 3 is 1.48 bits per heavy atom. The van der Waals surface area contributed by atoms with E-state index in [9.17, 15) is 32.4 Å². The van der Waals surface area contributed by atoms with E-state index in [1.54, 1.807) is 0 Å². The zero-order valence-corrected chi connectivity index (χ0v) is 16.0. The Hall–Kier alpha value is -2.20. The van der Waals surface area contributed by atoms with Gasteiger partial charge in [0.2, 0.25) is 0 Å². The lowest BCUT2D eigenvalue weighted by Gasteiger charge is -2.16. The fraction of sp³-hybridized carbons (Fsp3) is 0.267. The zero-order chi connectivity index (χ0) is 19.4. The van der Waals surface area contributed by atoms with Crippen molar-refractivity contribution >= 4 is 55.2 Å². The van der Waals surface area contributed by atoms with E-state index < -0.39 is 71.8 Å². The molecule has 0 aromatic heterocycles. The van der Waals surface area contributed by atoms with Crippen molar-refractivity contribution in [3.63, 3.8) is 0 Å². The Morgan fingerprint density at radius 2 is 1.12 bits per heavy atom. The largest absolute Gasteiger partial charge is 0.294 e. The molecule has 0 fully saturated rings. The number of sulfonamides is 1. The minimum absolute atomic E-state index is 0.206. The van der Waals surface area contributed by atoms with Crippen molar-refractivity contribution < 1.29 is 32.4 Å². The molecule has 0 atom stereocenters. The van der Waals surface area contributed by atoms with Crippen LogP contribution in [0.4, 0.5) is 0 Å². The summed E-state index contributed by atoms with van der Waals surface area (Å²) in [6, 6.07) is 0. The summed E-state index contributed by atoms with van der Waals surface area (Å²) in [7, 11) is -4.50. The van der Waals surface area contributed by atoms with Crippen LogP contribution in [0.5, 0.6) is 0 Å². The number of hydrogen-bond acceptors (Lipinski definition) is 7. The number of carbonyl (C=O) groups excluding carboxylic acids is 5. The maximum Gasteiger partial charge on any atom is 0.280 e. The summed E-state index contributed by atoms with van der Waals surface area (Å²) in [6.07, 6.45) is 0. The first-order chi connectivity index (χ1) is 11.4. The molecule has 132 valence electrons. The van der Waals surface area contributed by atoms with Gasteiger partial charge in [-0.1, -0.05) is 0 Å². The second-order valence-electron chi connectivity index (χ2n) is 5.45. The van der Waals surface area contributed by atoms with Crippen LogP contribution < -0.4 is 0 Å². The molecule has 1 heterocycles. The molecule has 1 amide bonds. The smallest absolute Gasteiger partial charge is 0.280 e. The Labute approximate surface area is 151 Å². The molecule has 1 aromatic carbocycles. The molecule has 0 bridgehead atoms. The molecule has 8 nitrogen and oxygen atoms in total. The number of rotatable bonds is 4. The van der Waals surface area contributed by atoms with Gasteiger partial charge in [-0.15, -0.1) is 0 Å². The third-order valence-electron chi connectivity index (χ3n) is 3.70. The first-order valence-corrected chi connectivity index (χ1v) is 9.03. The summed E-state index contributed by atoms with van der Waals surface area (Å²) in [6.45, 7) is 4.15. The number of benzene rings is 1. The highest BCUT2D eigenvalue weighted by Crippen LogP contribution is 2.41. The molecule has 0 saturated heterocycles. The number of ketones is 4. The number of nitrogens with zero attached hydrogens (tertiary/aromatic N) is 1. The molecule has 0 aliphatic carbocycles. The summed E-state index contributed by atoms with van der Waals surface area (Å²) in [4.78, 5) is 60.2. The molecule has 25 heavy (non-hydrogen) atoms. The molecule has 2 rings (SSSR count). The summed E-state index contributed by atoms with van der Waals surface area (Å²) in [5.74, 6) is -4.21. The number of carbonyl (C=O) groups is 5. The molecular weight excluding hydrogens is 418 g/mol. The molecule has 0 unspecified atom stereocenters. The van der Waals surface area contributed by atoms with Gasteiger partial charge in [-0.3, -0.25) is 24.0 Å². The van der Waals surface area contributed by atoms with Crippen molar-refractivity contribution in [2.75, 3.05) is 0 Å². The van der Waals surface area contributed by atoms with Gasteiger partial charge in [0, 0.05) is 16.7 Å². The van der Waals surface area contributed by atoms with Gasteiger partial charge >= 0.3 is 0 Å². The summed E-state index contributed by atoms with van der Waals surface area (Å²) < 4.78 is 25.3. The minimum atomic E-state index is -4.50. The number of fused-ring (bicyclic) bond motifs is 1. The van der Waals surface area contributed by atoms with Crippen LogP contribution in [0.3, 0.4) is 0 Å². The SMILES string of the molecule is CC(=O)c1c(C(C)=O)c(C(C)=O)c2c(c1C(C)=O)C(=O)N(Br)S2(=O)=O. The van der Waals surface area contributed by atoms with Gasteiger partial charge in [0.05, 0.1) is 27.3 Å². The summed E-state index contributed by atoms with van der Waals surface area (Å²) in [5.41, 5.74) is -2.51. The van der Waals surface area contributed by atoms with Gasteiger partial charge in [-0.25, -0.2) is 8.42 Å². The Balaban J connectivity index is 3.36. The molecule has 10 heteroatoms. The van der Waals surface area contributed by atoms with Gasteiger partial charge in [-0.2, -0.15) is 3.33 Å². The second kappa shape index (κ2) is 5.95. The van der Waals surface area contributed by atoms with Crippen LogP contribution in [0.1, 0.15) is 79.5 Å². The van der Waals surface area contributed by atoms with Crippen molar-refractivity contribution in [1.82, 2.24) is 3.33 Å². The maximum atomic E-state index is 12.5. The van der Waals surface area contributed by atoms with E-state index in [1.165, 1.54) is 0 Å². The number of amides is 1. The normalized spacial score (nSPS) is 15.1. The maximum absolute atomic E-state index is 12.5. The summed E-state index contributed by atoms with van der Waals surface area (Å²) in [5, 5.41) is 0. The van der Waals surface area contributed by atoms with Crippen LogP contribution in [-0.2, 0) is 10.0 Å². The summed E-state index contributed by atoms with van der Waals surface area (Å²) >= 11 is 2.60. The highest BCUT2D eigenvalue weighted by molar-refractivity contribution is 9.09. The predicted octanol–water partition coefficient (Wildman–Crippen LogP) is 1.95. The molecule has 0 radical (unpaired) electrons. The van der Waals surface area contributed by atoms with E-state index in [1.807, 2.05) is 0 Å². The van der Waals surface area contributed by atoms with Crippen LogP contribution in [0.2, 0.25) is 0 Å². The van der Waals surface area contributed by atoms with Gasteiger partial charge < -0.3 is 0 Å². The number of hydrogen-bond donors (Lipinski definition) is 0. The van der Waals surface area contributed by atoms with Crippen LogP contribution in [0, 0.1) is 0 Å². The van der Waals surface area contributed by atoms with E-state index in [2.05, 4.69) is 16.1 Å². The van der Waals surface area contributed by atoms with E-state index in [0.717, 1.165) is 27.7 Å². The van der Waals surface area contributed by atoms with Crippen LogP contribution in [0.25, 0.3) is 0 Å². The first kappa shape index (κ1) is 19.1. The highest BCUT2D eigenvalue weighted by Gasteiger charge is 2.48. The van der Waals surface area contributed by atoms with E-state index in [4.69, 9.17) is 0 Å². The third kappa shape index (κ3) is 2.56. The van der Waals surface area contributed by atoms with Crippen molar-refractivity contribution in [3.8, 4) is 0 Å². The van der Waals surface area contributed by atoms with E-state index >= 15 is 0 Å². The topological polar surface area (TPSA) is 123 Å². The monoisotopic (exact) mass is 429 g/mol. The Kier molecular flexibility index (Phi) is 4.56. The average molecular weight is 430 g/mol. The molecule has 0 N–H and O–H groups in total. The molecule has 1 aromatic rings. The van der Waals surface area contributed by atoms with Crippen molar-refractivity contribution in [2.24, 2.45) is 0 Å². The Bertz CT molecular complexity index is 1010. The lowest BCUT2D eigenvalue weighted by atomic mass is 9.85. The van der Waals surface area contributed by atoms with Gasteiger partial charge in [-0.05, 0) is 27.7 Å². The molecule has 0 spiro atoms. The van der Waals surface area contributed by atoms with Crippen LogP contribution >= 0.6 is 16.1 Å². The first-order valence-electron chi connectivity index (χ1n) is 6.88. The van der Waals surface area contributed by atoms with Gasteiger partial charge in [0.25, 0.3) is 15.9 Å². The second-order valence-corrected chi connectivity index (χ2v) is 8.36. The van der Waals surface area contributed by atoms with Crippen LogP contribution in [-0.4, -0.2) is 40.8 Å². The quantitative estimate of drug-likeness (QED) is 0.529. The van der Waals surface area contributed by atoms with E-state index in [-0.39, 0.29) is 3.33 Å². The van der Waals surface area contributed by atoms with Crippen molar-refractivity contribution in [2.45, 2.75) is 32.6 Å². The predicted molar refractivity (Wildman–Crippen MR) is 88.7 cm³/mol. The fourth-order valence-electron chi connectivity index (χ4n) is 2.86. The average Bonchev–Trinajstić information content (AvgIpc) is 2.65. The lowest BCUT2D eigenvalue weighted by molar-refractivity contribution is 0.0920. The Morgan fingerprint density at radius 1 is 0.760 bits per heavy atom. The lowest BCUT2D eigenvalue weighted by Crippen LogP contribution is -2.21. The molecular formula is C15H12BrNO7S. The molecule has 1 aliphatic heterocycles. The number of halogens is 1. The fourth-order valence-corrected chi connectivity index (χ4v) is 4.89. The van der Waals surface area contributed by atoms with Gasteiger partial charge in [0.15, 0.2) is 23.1 Å². The zero-order valence-electron chi connectivity index (χ0n) is 13.6. The number of Topliss-reactive ketones (excluding diaryl/α,β-unsaturated/α-hetero) is 4. The third-order valence-corrected chi connectivity index (χ3v) is 6.68. The van der Waals surface area contributed by atoms with Crippen molar-refractivity contribution in [3.05, 3.63) is 27.8 Å². The van der Waals surface area contributed by atoms with Crippen LogP contribution in [0.15, 0.2) is 4.90 Å². The molecule has 0 saturated carbocycles. The molecule has 1 aliphatic rings. The minimum Gasteiger partial charge on any atom is -0.294 e. The van der Waals surface area contributed by atoms with E-state index in [0.29, 0.717) is 0 Å². The standard InChI is InChI=1S/C15H12BrNO7S/c1-5(18)9-10(6(2)19)12(8(4)21)14-13(11(9)7(3)20)15(22)17(16)25(14,23)24/h1-4H3. The van der Waals surface area contributed by atoms with Gasteiger partial charge in [0.1, 0.15) is 4.90 Å². The highest BCUT2D eigenvalue weighted by atomic mass is 79.9. The van der Waals surface area contributed by atoms with Crippen molar-refractivity contribution in [1.29, 1.82) is 0 Å².